The van der Waals surface area contributed by atoms with E-state index in [1.54, 1.807) is 0 Å². The summed E-state index contributed by atoms with van der Waals surface area (Å²) in [4.78, 5) is 10.7. The van der Waals surface area contributed by atoms with Crippen LogP contribution in [-0.4, -0.2) is 6.29 Å². The first-order chi connectivity index (χ1) is 10.0. The van der Waals surface area contributed by atoms with E-state index in [9.17, 15) is 4.79 Å². The molecule has 2 rings (SSSR count). The molecule has 0 aromatic heterocycles. The summed E-state index contributed by atoms with van der Waals surface area (Å²) in [5.74, 6) is 0.757. The highest BCUT2D eigenvalue weighted by molar-refractivity contribution is 5.57. The Balaban J connectivity index is 2.05. The van der Waals surface area contributed by atoms with Crippen molar-refractivity contribution in [3.05, 3.63) is 65.2 Å². The third-order valence-corrected chi connectivity index (χ3v) is 3.37. The van der Waals surface area contributed by atoms with Gasteiger partial charge in [-0.25, -0.2) is 0 Å². The molecule has 0 aliphatic heterocycles. The number of hydrogen-bond donors (Lipinski definition) is 1. The average Bonchev–Trinajstić information content (AvgIpc) is 2.46. The van der Waals surface area contributed by atoms with Crippen LogP contribution in [0, 0.1) is 0 Å². The van der Waals surface area contributed by atoms with Crippen LogP contribution in [0.2, 0.25) is 0 Å². The number of carbonyl (C=O) groups excluding carboxylic acids is 1. The number of carbonyl (C=O) groups is 1. The van der Waals surface area contributed by atoms with Crippen molar-refractivity contribution in [1.82, 2.24) is 0 Å². The molecule has 0 saturated heterocycles. The number of ether oxygens (including phenoxy) is 1. The van der Waals surface area contributed by atoms with E-state index < -0.39 is 0 Å². The lowest BCUT2D eigenvalue weighted by Gasteiger charge is -2.19. The molecule has 2 aromatic carbocycles. The Bertz CT molecular complexity index is 597. The van der Waals surface area contributed by atoms with E-state index in [0.717, 1.165) is 28.7 Å². The first-order valence-electron chi connectivity index (χ1n) is 7.03. The predicted molar refractivity (Wildman–Crippen MR) is 84.2 cm³/mol. The van der Waals surface area contributed by atoms with Gasteiger partial charge in [0.15, 0.2) is 0 Å². The summed E-state index contributed by atoms with van der Waals surface area (Å²) >= 11 is 0. The van der Waals surface area contributed by atoms with Crippen molar-refractivity contribution in [3.8, 4) is 5.75 Å². The third kappa shape index (κ3) is 4.17. The molecule has 0 atom stereocenters. The highest BCUT2D eigenvalue weighted by Crippen LogP contribution is 2.21. The van der Waals surface area contributed by atoms with Crippen LogP contribution in [0.5, 0.6) is 5.75 Å². The van der Waals surface area contributed by atoms with Gasteiger partial charge in [0.05, 0.1) is 0 Å². The fourth-order valence-corrected chi connectivity index (χ4v) is 2.09. The molecule has 0 heterocycles. The van der Waals surface area contributed by atoms with Crippen LogP contribution in [0.3, 0.4) is 0 Å². The van der Waals surface area contributed by atoms with Crippen molar-refractivity contribution in [1.29, 1.82) is 0 Å². The van der Waals surface area contributed by atoms with Crippen molar-refractivity contribution in [3.63, 3.8) is 0 Å². The Kier molecular flexibility index (Phi) is 4.76. The summed E-state index contributed by atoms with van der Waals surface area (Å²) in [5.41, 5.74) is 8.80. The molecule has 0 aliphatic rings. The van der Waals surface area contributed by atoms with Gasteiger partial charge < -0.3 is 15.3 Å². The van der Waals surface area contributed by atoms with Crippen LogP contribution in [0.1, 0.15) is 30.5 Å². The molecule has 3 nitrogen and oxygen atoms in total. The van der Waals surface area contributed by atoms with Crippen molar-refractivity contribution in [2.45, 2.75) is 32.4 Å². The molecular weight excluding hydrogens is 262 g/mol. The fraction of sp³-hybridized carbons (Fsp3) is 0.278. The molecule has 110 valence electrons. The quantitative estimate of drug-likeness (QED) is 0.828. The minimum atomic E-state index is -0.337. The topological polar surface area (TPSA) is 52.3 Å². The lowest BCUT2D eigenvalue weighted by Crippen LogP contribution is -2.28. The van der Waals surface area contributed by atoms with Gasteiger partial charge in [0.2, 0.25) is 0 Å². The summed E-state index contributed by atoms with van der Waals surface area (Å²) < 4.78 is 5.81. The summed E-state index contributed by atoms with van der Waals surface area (Å²) in [7, 11) is 0. The molecule has 0 bridgehead atoms. The average molecular weight is 283 g/mol. The Morgan fingerprint density at radius 2 is 1.76 bits per heavy atom. The highest BCUT2D eigenvalue weighted by Gasteiger charge is 2.13. The Labute approximate surface area is 125 Å². The first kappa shape index (κ1) is 15.3. The normalized spacial score (nSPS) is 11.2. The van der Waals surface area contributed by atoms with Gasteiger partial charge in [-0.2, -0.15) is 0 Å². The van der Waals surface area contributed by atoms with E-state index >= 15 is 0 Å². The van der Waals surface area contributed by atoms with Crippen LogP contribution >= 0.6 is 0 Å². The molecule has 0 amide bonds. The lowest BCUT2D eigenvalue weighted by atomic mass is 9.95. The minimum absolute atomic E-state index is 0.337. The largest absolute Gasteiger partial charge is 0.489 e. The van der Waals surface area contributed by atoms with Crippen molar-refractivity contribution >= 4 is 6.29 Å². The second-order valence-electron chi connectivity index (χ2n) is 5.69. The van der Waals surface area contributed by atoms with Gasteiger partial charge in [-0.05, 0) is 31.0 Å². The van der Waals surface area contributed by atoms with Crippen LogP contribution in [0.25, 0.3) is 0 Å². The van der Waals surface area contributed by atoms with Crippen molar-refractivity contribution < 1.29 is 9.53 Å². The van der Waals surface area contributed by atoms with Gasteiger partial charge in [0.25, 0.3) is 0 Å². The van der Waals surface area contributed by atoms with E-state index in [1.807, 2.05) is 62.4 Å². The zero-order valence-electron chi connectivity index (χ0n) is 12.5. The highest BCUT2D eigenvalue weighted by atomic mass is 16.5. The molecule has 3 heteroatoms. The molecule has 21 heavy (non-hydrogen) atoms. The van der Waals surface area contributed by atoms with Crippen LogP contribution in [0.4, 0.5) is 0 Å². The van der Waals surface area contributed by atoms with Gasteiger partial charge in [0.1, 0.15) is 18.6 Å². The second kappa shape index (κ2) is 6.55. The van der Waals surface area contributed by atoms with E-state index in [4.69, 9.17) is 10.5 Å². The minimum Gasteiger partial charge on any atom is -0.489 e. The Hall–Kier alpha value is -2.13. The molecule has 2 aromatic rings. The first-order valence-corrected chi connectivity index (χ1v) is 7.03. The molecular formula is C18H21NO2. The van der Waals surface area contributed by atoms with Crippen molar-refractivity contribution in [2.24, 2.45) is 5.73 Å². The molecule has 0 aliphatic carbocycles. The standard InChI is InChI=1S/C18H21NO2/c1-18(2,19)16-9-7-14(8-10-16)13-21-17-6-4-3-5-15(17)11-12-20/h3-10,12H,11,13,19H2,1-2H3. The monoisotopic (exact) mass is 283 g/mol. The maximum atomic E-state index is 10.7. The molecule has 0 spiro atoms. The maximum absolute atomic E-state index is 10.7. The van der Waals surface area contributed by atoms with E-state index in [0.29, 0.717) is 13.0 Å². The zero-order chi connectivity index (χ0) is 15.3. The molecule has 0 radical (unpaired) electrons. The second-order valence-corrected chi connectivity index (χ2v) is 5.69. The Morgan fingerprint density at radius 1 is 1.10 bits per heavy atom. The molecule has 0 saturated carbocycles. The smallest absolute Gasteiger partial charge is 0.124 e. The molecule has 0 fully saturated rings. The maximum Gasteiger partial charge on any atom is 0.124 e. The van der Waals surface area contributed by atoms with Crippen LogP contribution in [-0.2, 0) is 23.4 Å². The summed E-state index contributed by atoms with van der Waals surface area (Å²) in [6.45, 7) is 4.43. The summed E-state index contributed by atoms with van der Waals surface area (Å²) in [6.07, 6.45) is 1.26. The van der Waals surface area contributed by atoms with E-state index in [-0.39, 0.29) is 5.54 Å². The molecule has 0 unspecified atom stereocenters. The number of para-hydroxylation sites is 1. The van der Waals surface area contributed by atoms with Crippen LogP contribution in [0.15, 0.2) is 48.5 Å². The van der Waals surface area contributed by atoms with Gasteiger partial charge in [-0.15, -0.1) is 0 Å². The SMILES string of the molecule is CC(C)(N)c1ccc(COc2ccccc2CC=O)cc1. The van der Waals surface area contributed by atoms with Gasteiger partial charge in [0, 0.05) is 17.5 Å². The number of hydrogen-bond acceptors (Lipinski definition) is 3. The van der Waals surface area contributed by atoms with E-state index in [2.05, 4.69) is 0 Å². The zero-order valence-corrected chi connectivity index (χ0v) is 12.5. The number of nitrogens with two attached hydrogens (primary N) is 1. The van der Waals surface area contributed by atoms with Gasteiger partial charge in [-0.1, -0.05) is 42.5 Å². The summed E-state index contributed by atoms with van der Waals surface area (Å²) in [6, 6.07) is 15.7. The number of rotatable bonds is 6. The van der Waals surface area contributed by atoms with Crippen LogP contribution < -0.4 is 10.5 Å². The van der Waals surface area contributed by atoms with E-state index in [1.165, 1.54) is 0 Å². The van der Waals surface area contributed by atoms with Gasteiger partial charge in [-0.3, -0.25) is 0 Å². The van der Waals surface area contributed by atoms with Crippen molar-refractivity contribution in [2.75, 3.05) is 0 Å². The Morgan fingerprint density at radius 3 is 2.38 bits per heavy atom. The predicted octanol–water partition coefficient (Wildman–Crippen LogP) is 3.20. The van der Waals surface area contributed by atoms with Gasteiger partial charge >= 0.3 is 0 Å². The third-order valence-electron chi connectivity index (χ3n) is 3.37. The fourth-order valence-electron chi connectivity index (χ4n) is 2.09. The number of aldehydes is 1. The summed E-state index contributed by atoms with van der Waals surface area (Å²) in [5, 5.41) is 0. The number of benzene rings is 2. The lowest BCUT2D eigenvalue weighted by molar-refractivity contribution is -0.107. The molecule has 2 N–H and O–H groups in total.